The third-order valence-electron chi connectivity index (χ3n) is 2.32. The van der Waals surface area contributed by atoms with Crippen LogP contribution in [0, 0.1) is 17.0 Å². The van der Waals surface area contributed by atoms with E-state index < -0.39 is 4.92 Å². The summed E-state index contributed by atoms with van der Waals surface area (Å²) in [5.41, 5.74) is 6.54. The zero-order valence-electron chi connectivity index (χ0n) is 8.81. The number of rotatable bonds is 2. The maximum Gasteiger partial charge on any atom is 0.271 e. The lowest BCUT2D eigenvalue weighted by Gasteiger charge is -1.99. The van der Waals surface area contributed by atoms with E-state index in [1.54, 1.807) is 13.0 Å². The lowest BCUT2D eigenvalue weighted by atomic mass is 10.1. The Morgan fingerprint density at radius 1 is 1.47 bits per heavy atom. The number of hydrogen-bond donors (Lipinski definition) is 1. The summed E-state index contributed by atoms with van der Waals surface area (Å²) in [6.45, 7) is 1.72. The highest BCUT2D eigenvalue weighted by Crippen LogP contribution is 2.32. The van der Waals surface area contributed by atoms with Crippen molar-refractivity contribution in [2.24, 2.45) is 0 Å². The zero-order valence-corrected chi connectivity index (χ0v) is 9.56. The van der Waals surface area contributed by atoms with Crippen molar-refractivity contribution in [2.75, 3.05) is 5.73 Å². The summed E-state index contributed by atoms with van der Waals surface area (Å²) in [5.74, 6) is 0.635. The highest BCUT2D eigenvalue weighted by atomic mass is 35.5. The first-order valence-corrected chi connectivity index (χ1v) is 5.04. The maximum absolute atomic E-state index is 10.7. The molecule has 2 aromatic rings. The number of aromatic nitrogens is 1. The SMILES string of the molecule is Cc1c(N)noc1-c1cc(Cl)cc([N+](=O)[O-])c1. The van der Waals surface area contributed by atoms with Gasteiger partial charge in [0.05, 0.1) is 4.92 Å². The van der Waals surface area contributed by atoms with E-state index >= 15 is 0 Å². The van der Waals surface area contributed by atoms with Crippen LogP contribution in [-0.2, 0) is 0 Å². The fraction of sp³-hybridized carbons (Fsp3) is 0.100. The predicted molar refractivity (Wildman–Crippen MR) is 62.8 cm³/mol. The molecule has 88 valence electrons. The second-order valence-electron chi connectivity index (χ2n) is 3.48. The van der Waals surface area contributed by atoms with Gasteiger partial charge in [0.15, 0.2) is 11.6 Å². The van der Waals surface area contributed by atoms with Crippen molar-refractivity contribution in [3.05, 3.63) is 38.9 Å². The van der Waals surface area contributed by atoms with Crippen molar-refractivity contribution >= 4 is 23.1 Å². The average molecular weight is 254 g/mol. The largest absolute Gasteiger partial charge is 0.381 e. The van der Waals surface area contributed by atoms with E-state index in [0.29, 0.717) is 16.9 Å². The molecular formula is C10H8ClN3O3. The van der Waals surface area contributed by atoms with Crippen LogP contribution in [0.5, 0.6) is 0 Å². The molecule has 17 heavy (non-hydrogen) atoms. The molecule has 0 bridgehead atoms. The van der Waals surface area contributed by atoms with Gasteiger partial charge < -0.3 is 10.3 Å². The lowest BCUT2D eigenvalue weighted by molar-refractivity contribution is -0.384. The summed E-state index contributed by atoms with van der Waals surface area (Å²) < 4.78 is 5.01. The number of nitrogen functional groups attached to an aromatic ring is 1. The van der Waals surface area contributed by atoms with Gasteiger partial charge in [-0.2, -0.15) is 0 Å². The van der Waals surface area contributed by atoms with Gasteiger partial charge in [0.2, 0.25) is 0 Å². The molecule has 0 saturated heterocycles. The van der Waals surface area contributed by atoms with Gasteiger partial charge in [-0.25, -0.2) is 0 Å². The summed E-state index contributed by atoms with van der Waals surface area (Å²) in [4.78, 5) is 10.2. The number of halogens is 1. The molecule has 0 fully saturated rings. The van der Waals surface area contributed by atoms with Crippen LogP contribution in [0.15, 0.2) is 22.7 Å². The third-order valence-corrected chi connectivity index (χ3v) is 2.53. The normalized spacial score (nSPS) is 10.5. The van der Waals surface area contributed by atoms with Crippen molar-refractivity contribution in [3.63, 3.8) is 0 Å². The molecular weight excluding hydrogens is 246 g/mol. The van der Waals surface area contributed by atoms with Crippen molar-refractivity contribution in [1.82, 2.24) is 5.16 Å². The molecule has 0 aliphatic carbocycles. The van der Waals surface area contributed by atoms with E-state index in [1.165, 1.54) is 12.1 Å². The molecule has 0 amide bonds. The summed E-state index contributed by atoms with van der Waals surface area (Å²) in [5, 5.41) is 14.5. The van der Waals surface area contributed by atoms with Gasteiger partial charge in [-0.3, -0.25) is 10.1 Å². The molecule has 1 aromatic carbocycles. The van der Waals surface area contributed by atoms with Gasteiger partial charge in [-0.15, -0.1) is 0 Å². The summed E-state index contributed by atoms with van der Waals surface area (Å²) in [7, 11) is 0. The van der Waals surface area contributed by atoms with E-state index in [0.717, 1.165) is 0 Å². The van der Waals surface area contributed by atoms with Crippen LogP contribution in [0.3, 0.4) is 0 Å². The smallest absolute Gasteiger partial charge is 0.271 e. The number of benzene rings is 1. The zero-order chi connectivity index (χ0) is 12.6. The van der Waals surface area contributed by atoms with Gasteiger partial charge in [0.1, 0.15) is 0 Å². The third kappa shape index (κ3) is 2.07. The van der Waals surface area contributed by atoms with Gasteiger partial charge in [0, 0.05) is 28.3 Å². The van der Waals surface area contributed by atoms with Crippen molar-refractivity contribution in [2.45, 2.75) is 6.92 Å². The first kappa shape index (κ1) is 11.4. The first-order chi connectivity index (χ1) is 7.99. The molecule has 7 heteroatoms. The molecule has 0 radical (unpaired) electrons. The molecule has 2 N–H and O–H groups in total. The summed E-state index contributed by atoms with van der Waals surface area (Å²) in [6, 6.07) is 4.18. The molecule has 0 atom stereocenters. The fourth-order valence-corrected chi connectivity index (χ4v) is 1.66. The minimum Gasteiger partial charge on any atom is -0.381 e. The number of nitrogens with zero attached hydrogens (tertiary/aromatic N) is 2. The molecule has 0 aliphatic heterocycles. The molecule has 0 unspecified atom stereocenters. The number of nitrogens with two attached hydrogens (primary N) is 1. The van der Waals surface area contributed by atoms with Gasteiger partial charge in [0.25, 0.3) is 5.69 Å². The summed E-state index contributed by atoms with van der Waals surface area (Å²) in [6.07, 6.45) is 0. The Kier molecular flexibility index (Phi) is 2.72. The van der Waals surface area contributed by atoms with Gasteiger partial charge >= 0.3 is 0 Å². The molecule has 0 spiro atoms. The van der Waals surface area contributed by atoms with Crippen LogP contribution in [0.2, 0.25) is 5.02 Å². The number of nitro groups is 1. The molecule has 1 heterocycles. The second kappa shape index (κ2) is 4.06. The Morgan fingerprint density at radius 2 is 2.18 bits per heavy atom. The monoisotopic (exact) mass is 253 g/mol. The molecule has 0 saturated carbocycles. The van der Waals surface area contributed by atoms with Crippen LogP contribution in [0.25, 0.3) is 11.3 Å². The van der Waals surface area contributed by atoms with Crippen LogP contribution >= 0.6 is 11.6 Å². The van der Waals surface area contributed by atoms with E-state index in [1.807, 2.05) is 0 Å². The molecule has 6 nitrogen and oxygen atoms in total. The standard InChI is InChI=1S/C10H8ClN3O3/c1-5-9(17-13-10(5)12)6-2-7(11)4-8(3-6)14(15)16/h2-4H,1H3,(H2,12,13). The number of non-ortho nitro benzene ring substituents is 1. The molecule has 2 rings (SSSR count). The summed E-state index contributed by atoms with van der Waals surface area (Å²) >= 11 is 5.81. The van der Waals surface area contributed by atoms with Crippen LogP contribution < -0.4 is 5.73 Å². The van der Waals surface area contributed by atoms with Crippen molar-refractivity contribution in [3.8, 4) is 11.3 Å². The molecule has 1 aromatic heterocycles. The Bertz CT molecular complexity index is 594. The number of nitro benzene ring substituents is 1. The van der Waals surface area contributed by atoms with Gasteiger partial charge in [-0.1, -0.05) is 16.8 Å². The quantitative estimate of drug-likeness (QED) is 0.656. The average Bonchev–Trinajstić information content (AvgIpc) is 2.59. The number of hydrogen-bond acceptors (Lipinski definition) is 5. The Hall–Kier alpha value is -2.08. The molecule has 0 aliphatic rings. The Morgan fingerprint density at radius 3 is 2.71 bits per heavy atom. The highest BCUT2D eigenvalue weighted by Gasteiger charge is 2.16. The predicted octanol–water partition coefficient (Wildman–Crippen LogP) is 2.79. The second-order valence-corrected chi connectivity index (χ2v) is 3.91. The van der Waals surface area contributed by atoms with Gasteiger partial charge in [-0.05, 0) is 13.0 Å². The van der Waals surface area contributed by atoms with Crippen LogP contribution in [0.4, 0.5) is 11.5 Å². The van der Waals surface area contributed by atoms with Crippen molar-refractivity contribution < 1.29 is 9.45 Å². The van der Waals surface area contributed by atoms with E-state index in [2.05, 4.69) is 5.16 Å². The highest BCUT2D eigenvalue weighted by molar-refractivity contribution is 6.31. The first-order valence-electron chi connectivity index (χ1n) is 4.66. The van der Waals surface area contributed by atoms with E-state index in [-0.39, 0.29) is 16.5 Å². The topological polar surface area (TPSA) is 95.2 Å². The van der Waals surface area contributed by atoms with Crippen molar-refractivity contribution in [1.29, 1.82) is 0 Å². The minimum absolute atomic E-state index is 0.109. The fourth-order valence-electron chi connectivity index (χ4n) is 1.43. The Labute approximate surface area is 101 Å². The van der Waals surface area contributed by atoms with E-state index in [4.69, 9.17) is 21.9 Å². The number of anilines is 1. The minimum atomic E-state index is -0.523. The Balaban J connectivity index is 2.60. The lowest BCUT2D eigenvalue weighted by Crippen LogP contribution is -1.90. The van der Waals surface area contributed by atoms with Crippen LogP contribution in [-0.4, -0.2) is 10.1 Å². The maximum atomic E-state index is 10.7. The van der Waals surface area contributed by atoms with Crippen LogP contribution in [0.1, 0.15) is 5.56 Å². The van der Waals surface area contributed by atoms with E-state index in [9.17, 15) is 10.1 Å².